The lowest BCUT2D eigenvalue weighted by Gasteiger charge is -2.25. The van der Waals surface area contributed by atoms with Crippen molar-refractivity contribution in [2.75, 3.05) is 10.2 Å². The minimum atomic E-state index is -0.200. The molecule has 0 heterocycles. The molecule has 4 aromatic rings. The van der Waals surface area contributed by atoms with Gasteiger partial charge in [-0.05, 0) is 42.3 Å². The quantitative estimate of drug-likeness (QED) is 0.166. The van der Waals surface area contributed by atoms with Gasteiger partial charge in [0.15, 0.2) is 0 Å². The maximum Gasteiger partial charge on any atom is 0.234 e. The summed E-state index contributed by atoms with van der Waals surface area (Å²) in [5.74, 6) is -0.342. The molecular weight excluding hydrogens is 484 g/mol. The van der Waals surface area contributed by atoms with Crippen LogP contribution in [0.4, 0.5) is 11.4 Å². The number of hydrogen-bond donors (Lipinski definition) is 1. The third-order valence-electron chi connectivity index (χ3n) is 5.47. The number of nitrogens with zero attached hydrogens (tertiary/aromatic N) is 1. The van der Waals surface area contributed by atoms with Crippen molar-refractivity contribution in [3.05, 3.63) is 120 Å². The van der Waals surface area contributed by atoms with Gasteiger partial charge in [-0.15, -0.1) is 0 Å². The highest BCUT2D eigenvalue weighted by atomic mass is 33.1. The Morgan fingerprint density at radius 2 is 1.25 bits per heavy atom. The van der Waals surface area contributed by atoms with Crippen molar-refractivity contribution in [3.63, 3.8) is 0 Å². The van der Waals surface area contributed by atoms with Gasteiger partial charge in [0.05, 0.1) is 18.7 Å². The summed E-state index contributed by atoms with van der Waals surface area (Å²) in [6.07, 6.45) is -0.120. The summed E-state index contributed by atoms with van der Waals surface area (Å²) >= 11 is 0. The standard InChI is InChI=1S/C30H28N2O2S2/c1-23(33)20-30(34)32(22-25-14-6-3-7-15-25)27-17-9-11-19-29(27)36-35-28-18-10-8-16-26(28)31-21-24-12-4-2-5-13-24/h2-19,31H,20-22H2,1H3. The molecule has 36 heavy (non-hydrogen) atoms. The van der Waals surface area contributed by atoms with E-state index in [1.165, 1.54) is 12.5 Å². The Kier molecular flexibility index (Phi) is 9.25. The van der Waals surface area contributed by atoms with Crippen molar-refractivity contribution in [2.45, 2.75) is 36.2 Å². The molecule has 0 fully saturated rings. The summed E-state index contributed by atoms with van der Waals surface area (Å²) in [5.41, 5.74) is 4.10. The zero-order chi connectivity index (χ0) is 25.2. The van der Waals surface area contributed by atoms with Gasteiger partial charge in [0.2, 0.25) is 5.91 Å². The number of carbonyl (C=O) groups excluding carboxylic acids is 2. The summed E-state index contributed by atoms with van der Waals surface area (Å²) in [4.78, 5) is 28.7. The maximum absolute atomic E-state index is 13.1. The van der Waals surface area contributed by atoms with E-state index in [-0.39, 0.29) is 18.1 Å². The molecule has 0 saturated carbocycles. The van der Waals surface area contributed by atoms with Crippen LogP contribution in [0.3, 0.4) is 0 Å². The second-order valence-electron chi connectivity index (χ2n) is 8.31. The van der Waals surface area contributed by atoms with E-state index in [9.17, 15) is 9.59 Å². The van der Waals surface area contributed by atoms with Gasteiger partial charge in [-0.25, -0.2) is 0 Å². The van der Waals surface area contributed by atoms with Gasteiger partial charge in [-0.3, -0.25) is 9.59 Å². The van der Waals surface area contributed by atoms with Gasteiger partial charge >= 0.3 is 0 Å². The van der Waals surface area contributed by atoms with Crippen LogP contribution in [0.5, 0.6) is 0 Å². The molecule has 4 nitrogen and oxygen atoms in total. The summed E-state index contributed by atoms with van der Waals surface area (Å²) in [6, 6.07) is 36.3. The predicted octanol–water partition coefficient (Wildman–Crippen LogP) is 7.61. The van der Waals surface area contributed by atoms with E-state index in [2.05, 4.69) is 29.6 Å². The van der Waals surface area contributed by atoms with E-state index in [4.69, 9.17) is 0 Å². The molecule has 0 atom stereocenters. The topological polar surface area (TPSA) is 49.4 Å². The van der Waals surface area contributed by atoms with Gasteiger partial charge in [-0.2, -0.15) is 0 Å². The van der Waals surface area contributed by atoms with E-state index in [1.54, 1.807) is 26.5 Å². The Bertz CT molecular complexity index is 1300. The van der Waals surface area contributed by atoms with E-state index < -0.39 is 0 Å². The van der Waals surface area contributed by atoms with E-state index in [1.807, 2.05) is 84.9 Å². The van der Waals surface area contributed by atoms with Crippen LogP contribution in [0, 0.1) is 0 Å². The molecule has 4 aromatic carbocycles. The lowest BCUT2D eigenvalue weighted by Crippen LogP contribution is -2.32. The lowest BCUT2D eigenvalue weighted by molar-refractivity contribution is -0.125. The van der Waals surface area contributed by atoms with Crippen LogP contribution >= 0.6 is 21.6 Å². The fourth-order valence-electron chi connectivity index (χ4n) is 3.70. The molecule has 0 aliphatic heterocycles. The second kappa shape index (κ2) is 13.0. The maximum atomic E-state index is 13.1. The molecule has 0 saturated heterocycles. The summed E-state index contributed by atoms with van der Waals surface area (Å²) in [6.45, 7) is 2.60. The van der Waals surface area contributed by atoms with Gasteiger partial charge in [0.25, 0.3) is 0 Å². The van der Waals surface area contributed by atoms with Crippen LogP contribution in [-0.4, -0.2) is 11.7 Å². The highest BCUT2D eigenvalue weighted by molar-refractivity contribution is 8.76. The molecule has 0 unspecified atom stereocenters. The van der Waals surface area contributed by atoms with Crippen LogP contribution in [0.2, 0.25) is 0 Å². The largest absolute Gasteiger partial charge is 0.380 e. The number of carbonyl (C=O) groups is 2. The highest BCUT2D eigenvalue weighted by Crippen LogP contribution is 2.44. The molecule has 0 aliphatic carbocycles. The minimum Gasteiger partial charge on any atom is -0.380 e. The van der Waals surface area contributed by atoms with Crippen LogP contribution < -0.4 is 10.2 Å². The first kappa shape index (κ1) is 25.6. The average molecular weight is 513 g/mol. The molecule has 0 radical (unpaired) electrons. The van der Waals surface area contributed by atoms with E-state index >= 15 is 0 Å². The third-order valence-corrected chi connectivity index (χ3v) is 7.95. The summed E-state index contributed by atoms with van der Waals surface area (Å²) < 4.78 is 0. The molecule has 6 heteroatoms. The Morgan fingerprint density at radius 3 is 1.94 bits per heavy atom. The van der Waals surface area contributed by atoms with Crippen LogP contribution in [0.15, 0.2) is 119 Å². The van der Waals surface area contributed by atoms with Crippen molar-refractivity contribution < 1.29 is 9.59 Å². The van der Waals surface area contributed by atoms with Gasteiger partial charge in [0, 0.05) is 22.0 Å². The number of benzene rings is 4. The Morgan fingerprint density at radius 1 is 0.694 bits per heavy atom. The number of hydrogen-bond acceptors (Lipinski definition) is 5. The second-order valence-corrected chi connectivity index (χ2v) is 10.5. The first-order chi connectivity index (χ1) is 17.6. The summed E-state index contributed by atoms with van der Waals surface area (Å²) in [7, 11) is 3.26. The zero-order valence-corrected chi connectivity index (χ0v) is 21.7. The van der Waals surface area contributed by atoms with Crippen LogP contribution in [-0.2, 0) is 22.7 Å². The smallest absolute Gasteiger partial charge is 0.234 e. The number of ketones is 1. The molecule has 4 rings (SSSR count). The van der Waals surface area contributed by atoms with Crippen molar-refractivity contribution in [2.24, 2.45) is 0 Å². The van der Waals surface area contributed by atoms with Crippen molar-refractivity contribution in [1.29, 1.82) is 0 Å². The summed E-state index contributed by atoms with van der Waals surface area (Å²) in [5, 5.41) is 3.54. The van der Waals surface area contributed by atoms with Crippen molar-refractivity contribution in [1.82, 2.24) is 0 Å². The zero-order valence-electron chi connectivity index (χ0n) is 20.1. The van der Waals surface area contributed by atoms with Gasteiger partial charge < -0.3 is 10.2 Å². The van der Waals surface area contributed by atoms with Crippen molar-refractivity contribution in [3.8, 4) is 0 Å². The first-order valence-corrected chi connectivity index (χ1v) is 13.9. The minimum absolute atomic E-state index is 0.120. The molecule has 1 N–H and O–H groups in total. The predicted molar refractivity (Wildman–Crippen MR) is 151 cm³/mol. The molecular formula is C30H28N2O2S2. The fraction of sp³-hybridized carbons (Fsp3) is 0.133. The van der Waals surface area contributed by atoms with Crippen LogP contribution in [0.25, 0.3) is 0 Å². The normalized spacial score (nSPS) is 10.6. The third kappa shape index (κ3) is 7.26. The Labute approximate surface area is 220 Å². The molecule has 0 aliphatic rings. The number of anilines is 2. The molecule has 182 valence electrons. The first-order valence-electron chi connectivity index (χ1n) is 11.7. The highest BCUT2D eigenvalue weighted by Gasteiger charge is 2.21. The average Bonchev–Trinajstić information content (AvgIpc) is 2.91. The molecule has 1 amide bonds. The number of Topliss-reactive ketones (excluding diaryl/α,β-unsaturated/α-hetero) is 1. The number of nitrogens with one attached hydrogen (secondary N) is 1. The van der Waals surface area contributed by atoms with Gasteiger partial charge in [0.1, 0.15) is 5.78 Å². The van der Waals surface area contributed by atoms with E-state index in [0.717, 1.165) is 33.3 Å². The number of rotatable bonds is 11. The van der Waals surface area contributed by atoms with Crippen molar-refractivity contribution >= 4 is 44.7 Å². The lowest BCUT2D eigenvalue weighted by atomic mass is 10.1. The molecule has 0 spiro atoms. The monoisotopic (exact) mass is 512 g/mol. The Balaban J connectivity index is 1.54. The molecule has 0 bridgehead atoms. The SMILES string of the molecule is CC(=O)CC(=O)N(Cc1ccccc1)c1ccccc1SSc1ccccc1NCc1ccccc1. The fourth-order valence-corrected chi connectivity index (χ4v) is 6.04. The number of para-hydroxylation sites is 2. The van der Waals surface area contributed by atoms with Gasteiger partial charge in [-0.1, -0.05) is 107 Å². The van der Waals surface area contributed by atoms with Crippen LogP contribution in [0.1, 0.15) is 24.5 Å². The molecule has 0 aromatic heterocycles. The van der Waals surface area contributed by atoms with E-state index in [0.29, 0.717) is 6.54 Å². The number of amides is 1. The Hall–Kier alpha value is -3.48.